The van der Waals surface area contributed by atoms with Crippen LogP contribution >= 0.6 is 15.9 Å². The van der Waals surface area contributed by atoms with Gasteiger partial charge in [-0.1, -0.05) is 28.9 Å². The lowest BCUT2D eigenvalue weighted by Crippen LogP contribution is -1.83. The molecule has 1 aromatic carbocycles. The monoisotopic (exact) mass is 251 g/mol. The van der Waals surface area contributed by atoms with Crippen molar-refractivity contribution in [2.75, 3.05) is 0 Å². The van der Waals surface area contributed by atoms with Crippen LogP contribution in [0, 0.1) is 13.8 Å². The maximum absolute atomic E-state index is 4.97. The first kappa shape index (κ1) is 9.46. The standard InChI is InChI=1S/C11H10BrNO/c1-7-3-4-9(8(2)5-7)10-6-11(12)14-13-10/h3-6H,1-2H3. The van der Waals surface area contributed by atoms with Gasteiger partial charge < -0.3 is 4.52 Å². The Bertz CT molecular complexity index is 462. The van der Waals surface area contributed by atoms with Crippen molar-refractivity contribution in [1.29, 1.82) is 0 Å². The molecule has 2 aromatic rings. The van der Waals surface area contributed by atoms with Crippen molar-refractivity contribution in [3.63, 3.8) is 0 Å². The van der Waals surface area contributed by atoms with Gasteiger partial charge in [-0.3, -0.25) is 0 Å². The van der Waals surface area contributed by atoms with Gasteiger partial charge in [-0.25, -0.2) is 0 Å². The quantitative estimate of drug-likeness (QED) is 0.773. The molecule has 0 atom stereocenters. The number of halogens is 1. The van der Waals surface area contributed by atoms with Gasteiger partial charge in [0.2, 0.25) is 4.67 Å². The molecule has 0 fully saturated rings. The molecule has 0 aliphatic heterocycles. The van der Waals surface area contributed by atoms with Gasteiger partial charge in [0, 0.05) is 11.6 Å². The molecule has 0 radical (unpaired) electrons. The van der Waals surface area contributed by atoms with Crippen molar-refractivity contribution in [3.8, 4) is 11.3 Å². The number of rotatable bonds is 1. The van der Waals surface area contributed by atoms with E-state index >= 15 is 0 Å². The largest absolute Gasteiger partial charge is 0.349 e. The molecule has 1 aromatic heterocycles. The van der Waals surface area contributed by atoms with Crippen molar-refractivity contribution >= 4 is 15.9 Å². The first-order valence-electron chi connectivity index (χ1n) is 4.36. The molecule has 0 unspecified atom stereocenters. The van der Waals surface area contributed by atoms with Crippen LogP contribution < -0.4 is 0 Å². The van der Waals surface area contributed by atoms with Crippen LogP contribution in [0.5, 0.6) is 0 Å². The second kappa shape index (κ2) is 3.58. The molecule has 0 amide bonds. The molecule has 0 aliphatic carbocycles. The van der Waals surface area contributed by atoms with Crippen molar-refractivity contribution < 1.29 is 4.52 Å². The third kappa shape index (κ3) is 1.73. The highest BCUT2D eigenvalue weighted by Crippen LogP contribution is 2.25. The van der Waals surface area contributed by atoms with E-state index in [9.17, 15) is 0 Å². The Morgan fingerprint density at radius 2 is 2.00 bits per heavy atom. The fourth-order valence-electron chi connectivity index (χ4n) is 1.48. The van der Waals surface area contributed by atoms with E-state index in [-0.39, 0.29) is 0 Å². The Morgan fingerprint density at radius 1 is 1.21 bits per heavy atom. The number of hydrogen-bond donors (Lipinski definition) is 0. The van der Waals surface area contributed by atoms with Gasteiger partial charge in [0.05, 0.1) is 0 Å². The Labute approximate surface area is 91.1 Å². The molecule has 3 heteroatoms. The molecule has 14 heavy (non-hydrogen) atoms. The topological polar surface area (TPSA) is 26.0 Å². The zero-order chi connectivity index (χ0) is 10.1. The summed E-state index contributed by atoms with van der Waals surface area (Å²) in [6.07, 6.45) is 0. The zero-order valence-electron chi connectivity index (χ0n) is 8.04. The molecule has 2 nitrogen and oxygen atoms in total. The fraction of sp³-hybridized carbons (Fsp3) is 0.182. The second-order valence-electron chi connectivity index (χ2n) is 3.33. The lowest BCUT2D eigenvalue weighted by molar-refractivity contribution is 0.402. The van der Waals surface area contributed by atoms with E-state index in [2.05, 4.69) is 53.1 Å². The smallest absolute Gasteiger partial charge is 0.202 e. The minimum atomic E-state index is 0.660. The van der Waals surface area contributed by atoms with Crippen molar-refractivity contribution in [1.82, 2.24) is 5.16 Å². The third-order valence-corrected chi connectivity index (χ3v) is 2.51. The average molecular weight is 252 g/mol. The highest BCUT2D eigenvalue weighted by atomic mass is 79.9. The van der Waals surface area contributed by atoms with Crippen LogP contribution in [-0.2, 0) is 0 Å². The molecule has 0 saturated heterocycles. The van der Waals surface area contributed by atoms with E-state index in [4.69, 9.17) is 4.52 Å². The van der Waals surface area contributed by atoms with Crippen LogP contribution in [0.25, 0.3) is 11.3 Å². The summed E-state index contributed by atoms with van der Waals surface area (Å²) >= 11 is 3.24. The first-order valence-corrected chi connectivity index (χ1v) is 5.16. The van der Waals surface area contributed by atoms with E-state index in [1.54, 1.807) is 0 Å². The van der Waals surface area contributed by atoms with Crippen molar-refractivity contribution in [3.05, 3.63) is 40.1 Å². The van der Waals surface area contributed by atoms with Gasteiger partial charge in [-0.2, -0.15) is 0 Å². The molecular weight excluding hydrogens is 242 g/mol. The van der Waals surface area contributed by atoms with Crippen LogP contribution in [0.2, 0.25) is 0 Å². The number of benzene rings is 1. The third-order valence-electron chi connectivity index (χ3n) is 2.14. The summed E-state index contributed by atoms with van der Waals surface area (Å²) in [5.41, 5.74) is 4.46. The average Bonchev–Trinajstić information content (AvgIpc) is 2.51. The Morgan fingerprint density at radius 3 is 2.57 bits per heavy atom. The maximum atomic E-state index is 4.97. The van der Waals surface area contributed by atoms with Crippen LogP contribution in [0.1, 0.15) is 11.1 Å². The van der Waals surface area contributed by atoms with E-state index in [1.807, 2.05) is 6.07 Å². The zero-order valence-corrected chi connectivity index (χ0v) is 9.63. The Hall–Kier alpha value is -1.09. The molecule has 0 bridgehead atoms. The minimum absolute atomic E-state index is 0.660. The SMILES string of the molecule is Cc1ccc(-c2cc(Br)on2)c(C)c1. The summed E-state index contributed by atoms with van der Waals surface area (Å²) in [5, 5.41) is 3.95. The van der Waals surface area contributed by atoms with E-state index < -0.39 is 0 Å². The predicted molar refractivity (Wildman–Crippen MR) is 59.1 cm³/mol. The summed E-state index contributed by atoms with van der Waals surface area (Å²) < 4.78 is 5.63. The molecule has 0 aliphatic rings. The number of aryl methyl sites for hydroxylation is 2. The summed E-state index contributed by atoms with van der Waals surface area (Å²) in [7, 11) is 0. The second-order valence-corrected chi connectivity index (χ2v) is 4.12. The summed E-state index contributed by atoms with van der Waals surface area (Å²) in [6.45, 7) is 4.15. The molecule has 0 N–H and O–H groups in total. The van der Waals surface area contributed by atoms with Crippen LogP contribution in [-0.4, -0.2) is 5.16 Å². The Kier molecular flexibility index (Phi) is 2.42. The summed E-state index contributed by atoms with van der Waals surface area (Å²) in [6, 6.07) is 8.15. The van der Waals surface area contributed by atoms with Gasteiger partial charge in [0.1, 0.15) is 5.69 Å². The highest BCUT2D eigenvalue weighted by Gasteiger charge is 2.06. The minimum Gasteiger partial charge on any atom is -0.349 e. The van der Waals surface area contributed by atoms with Crippen LogP contribution in [0.15, 0.2) is 33.5 Å². The predicted octanol–water partition coefficient (Wildman–Crippen LogP) is 3.72. The molecule has 2 rings (SSSR count). The lowest BCUT2D eigenvalue weighted by Gasteiger charge is -2.02. The molecule has 1 heterocycles. The van der Waals surface area contributed by atoms with Gasteiger partial charge in [-0.15, -0.1) is 0 Å². The Balaban J connectivity index is 2.52. The first-order chi connectivity index (χ1) is 6.66. The van der Waals surface area contributed by atoms with Gasteiger partial charge >= 0.3 is 0 Å². The molecule has 72 valence electrons. The van der Waals surface area contributed by atoms with Gasteiger partial charge in [0.15, 0.2) is 0 Å². The molecular formula is C11H10BrNO. The number of aromatic nitrogens is 1. The lowest BCUT2D eigenvalue weighted by atomic mass is 10.0. The van der Waals surface area contributed by atoms with Crippen LogP contribution in [0.4, 0.5) is 0 Å². The molecule has 0 saturated carbocycles. The number of hydrogen-bond acceptors (Lipinski definition) is 2. The van der Waals surface area contributed by atoms with E-state index in [1.165, 1.54) is 11.1 Å². The molecule has 0 spiro atoms. The highest BCUT2D eigenvalue weighted by molar-refractivity contribution is 9.10. The number of nitrogens with zero attached hydrogens (tertiary/aromatic N) is 1. The van der Waals surface area contributed by atoms with E-state index in [0.29, 0.717) is 4.67 Å². The normalized spacial score (nSPS) is 10.5. The van der Waals surface area contributed by atoms with Crippen LogP contribution in [0.3, 0.4) is 0 Å². The van der Waals surface area contributed by atoms with Crippen molar-refractivity contribution in [2.24, 2.45) is 0 Å². The summed E-state index contributed by atoms with van der Waals surface area (Å²) in [4.78, 5) is 0. The van der Waals surface area contributed by atoms with Gasteiger partial charge in [0.25, 0.3) is 0 Å². The maximum Gasteiger partial charge on any atom is 0.202 e. The summed E-state index contributed by atoms with van der Waals surface area (Å²) in [5.74, 6) is 0. The van der Waals surface area contributed by atoms with E-state index in [0.717, 1.165) is 11.3 Å². The fourth-order valence-corrected chi connectivity index (χ4v) is 1.77. The van der Waals surface area contributed by atoms with Crippen molar-refractivity contribution in [2.45, 2.75) is 13.8 Å². The van der Waals surface area contributed by atoms with Gasteiger partial charge in [-0.05, 0) is 35.3 Å².